The lowest BCUT2D eigenvalue weighted by Crippen LogP contribution is -2.30. The van der Waals surface area contributed by atoms with Crippen LogP contribution in [0.4, 0.5) is 0 Å². The Balaban J connectivity index is 5.26. The molecule has 6 atom stereocenters. The minimum absolute atomic E-state index is 0.0848. The molecule has 0 aromatic rings. The SMILES string of the molecule is CCCCCC/C=C\C=C/CCCCCCCC(=O)O[C@H](COC(=O)CCCCCCCCCCCCCCCCCC(C)C)COP(=O)(O)OCC(O)COP(=O)(O)OC[C@@H](COC(=O)CCCCCCCCCCC(C)C)OC(=O)CCCCCCCCC(C)CC. The van der Waals surface area contributed by atoms with Crippen LogP contribution in [-0.2, 0) is 65.4 Å². The second-order valence-corrected chi connectivity index (χ2v) is 30.5. The van der Waals surface area contributed by atoms with E-state index in [1.165, 1.54) is 154 Å². The number of aliphatic hydroxyl groups is 1. The van der Waals surface area contributed by atoms with Crippen molar-refractivity contribution >= 4 is 39.5 Å². The molecule has 19 heteroatoms. The van der Waals surface area contributed by atoms with Gasteiger partial charge in [0.25, 0.3) is 0 Å². The smallest absolute Gasteiger partial charge is 0.462 e. The lowest BCUT2D eigenvalue weighted by molar-refractivity contribution is -0.161. The van der Waals surface area contributed by atoms with Crippen molar-refractivity contribution in [1.29, 1.82) is 0 Å². The Morgan fingerprint density at radius 1 is 0.351 bits per heavy atom. The summed E-state index contributed by atoms with van der Waals surface area (Å²) in [5.74, 6) is 0.0937. The molecule has 0 aliphatic rings. The molecule has 17 nitrogen and oxygen atoms in total. The monoisotopic (exact) mass is 1380 g/mol. The minimum Gasteiger partial charge on any atom is -0.462 e. The van der Waals surface area contributed by atoms with E-state index >= 15 is 0 Å². The van der Waals surface area contributed by atoms with Gasteiger partial charge in [-0.3, -0.25) is 37.3 Å². The zero-order valence-corrected chi connectivity index (χ0v) is 62.7. The maximum atomic E-state index is 13.1. The highest BCUT2D eigenvalue weighted by atomic mass is 31.2. The highest BCUT2D eigenvalue weighted by Crippen LogP contribution is 2.45. The zero-order valence-electron chi connectivity index (χ0n) is 60.9. The predicted octanol–water partition coefficient (Wildman–Crippen LogP) is 21.3. The average Bonchev–Trinajstić information content (AvgIpc) is 1.61. The Kier molecular flexibility index (Phi) is 63.5. The molecule has 0 saturated heterocycles. The van der Waals surface area contributed by atoms with Crippen LogP contribution in [0, 0.1) is 17.8 Å². The van der Waals surface area contributed by atoms with E-state index in [0.717, 1.165) is 120 Å². The quantitative estimate of drug-likeness (QED) is 0.0169. The van der Waals surface area contributed by atoms with Gasteiger partial charge >= 0.3 is 39.5 Å². The van der Waals surface area contributed by atoms with Crippen LogP contribution in [0.3, 0.4) is 0 Å². The number of allylic oxidation sites excluding steroid dienone is 4. The summed E-state index contributed by atoms with van der Waals surface area (Å²) < 4.78 is 68.4. The molecule has 0 heterocycles. The van der Waals surface area contributed by atoms with Crippen molar-refractivity contribution in [3.8, 4) is 0 Å². The van der Waals surface area contributed by atoms with Crippen LogP contribution < -0.4 is 0 Å². The molecule has 0 bridgehead atoms. The summed E-state index contributed by atoms with van der Waals surface area (Å²) in [7, 11) is -9.92. The molecule has 0 aromatic carbocycles. The van der Waals surface area contributed by atoms with Gasteiger partial charge in [0.15, 0.2) is 12.2 Å². The molecule has 0 aliphatic heterocycles. The number of phosphoric acid groups is 2. The molecule has 0 aliphatic carbocycles. The first-order valence-electron chi connectivity index (χ1n) is 38.2. The first-order chi connectivity index (χ1) is 45.3. The molecular formula is C75H142O17P2. The van der Waals surface area contributed by atoms with Crippen molar-refractivity contribution in [2.45, 2.75) is 375 Å². The summed E-state index contributed by atoms with van der Waals surface area (Å²) in [5, 5.41) is 10.6. The van der Waals surface area contributed by atoms with Gasteiger partial charge in [0.2, 0.25) is 0 Å². The van der Waals surface area contributed by atoms with Crippen molar-refractivity contribution in [2.75, 3.05) is 39.6 Å². The fourth-order valence-corrected chi connectivity index (χ4v) is 12.4. The first kappa shape index (κ1) is 91.5. The Bertz CT molecular complexity index is 1930. The Morgan fingerprint density at radius 2 is 0.628 bits per heavy atom. The van der Waals surface area contributed by atoms with Gasteiger partial charge in [0, 0.05) is 25.7 Å². The number of unbranched alkanes of at least 4 members (excludes halogenated alkanes) is 35. The van der Waals surface area contributed by atoms with Crippen LogP contribution in [0.2, 0.25) is 0 Å². The third kappa shape index (κ3) is 66.8. The fraction of sp³-hybridized carbons (Fsp3) is 0.893. The summed E-state index contributed by atoms with van der Waals surface area (Å²) in [6, 6.07) is 0. The molecule has 0 amide bonds. The van der Waals surface area contributed by atoms with E-state index in [-0.39, 0.29) is 25.7 Å². The van der Waals surface area contributed by atoms with E-state index in [2.05, 4.69) is 72.8 Å². The number of phosphoric ester groups is 2. The van der Waals surface area contributed by atoms with Crippen molar-refractivity contribution in [1.82, 2.24) is 0 Å². The molecule has 0 radical (unpaired) electrons. The van der Waals surface area contributed by atoms with Gasteiger partial charge in [-0.25, -0.2) is 9.13 Å². The molecule has 554 valence electrons. The molecular weight excluding hydrogens is 1230 g/mol. The van der Waals surface area contributed by atoms with Crippen LogP contribution in [0.5, 0.6) is 0 Å². The maximum Gasteiger partial charge on any atom is 0.472 e. The average molecular weight is 1380 g/mol. The van der Waals surface area contributed by atoms with Crippen LogP contribution >= 0.6 is 15.6 Å². The van der Waals surface area contributed by atoms with Crippen molar-refractivity contribution < 1.29 is 80.2 Å². The predicted molar refractivity (Wildman–Crippen MR) is 381 cm³/mol. The second-order valence-electron chi connectivity index (χ2n) is 27.5. The normalized spacial score (nSPS) is 14.6. The van der Waals surface area contributed by atoms with Gasteiger partial charge in [-0.15, -0.1) is 0 Å². The van der Waals surface area contributed by atoms with Gasteiger partial charge in [-0.05, 0) is 69.1 Å². The summed E-state index contributed by atoms with van der Waals surface area (Å²) in [5.41, 5.74) is 0. The molecule has 0 aromatic heterocycles. The van der Waals surface area contributed by atoms with E-state index in [1.54, 1.807) is 0 Å². The molecule has 3 N–H and O–H groups in total. The van der Waals surface area contributed by atoms with E-state index in [4.69, 9.17) is 37.0 Å². The summed E-state index contributed by atoms with van der Waals surface area (Å²) in [6.45, 7) is 11.8. The van der Waals surface area contributed by atoms with E-state index in [9.17, 15) is 43.2 Å². The highest BCUT2D eigenvalue weighted by Gasteiger charge is 2.30. The summed E-state index contributed by atoms with van der Waals surface area (Å²) in [4.78, 5) is 72.7. The van der Waals surface area contributed by atoms with Crippen molar-refractivity contribution in [3.05, 3.63) is 24.3 Å². The van der Waals surface area contributed by atoms with Crippen LogP contribution in [0.1, 0.15) is 357 Å². The molecule has 4 unspecified atom stereocenters. The lowest BCUT2D eigenvalue weighted by Gasteiger charge is -2.21. The van der Waals surface area contributed by atoms with Gasteiger partial charge in [-0.1, -0.05) is 304 Å². The first-order valence-corrected chi connectivity index (χ1v) is 41.2. The van der Waals surface area contributed by atoms with Crippen LogP contribution in [-0.4, -0.2) is 96.7 Å². The largest absolute Gasteiger partial charge is 0.472 e. The summed E-state index contributed by atoms with van der Waals surface area (Å²) >= 11 is 0. The third-order valence-electron chi connectivity index (χ3n) is 17.1. The molecule has 0 fully saturated rings. The van der Waals surface area contributed by atoms with Crippen LogP contribution in [0.15, 0.2) is 24.3 Å². The topological polar surface area (TPSA) is 237 Å². The standard InChI is InChI=1S/C75H142O17P2/c1-8-10-11-12-13-14-15-16-18-23-26-29-36-44-51-58-74(79)91-70(62-85-72(77)56-49-42-34-28-25-22-20-17-19-21-24-27-32-39-46-53-66(3)4)64-89-93(81,82)87-60-69(76)61-88-94(83,84)90-65-71(92-75(80)59-52-45-38-37-41-48-55-68(7)9-2)63-86-73(78)57-50-43-35-31-30-33-40-47-54-67(5)6/h14-16,18,66-71,76H,8-13,17,19-65H2,1-7H3,(H,81,82)(H,83,84)/b15-14-,18-16-/t68?,69?,70-,71-/m1/s1. The number of rotatable bonds is 71. The number of carbonyl (C=O) groups is 4. The van der Waals surface area contributed by atoms with Crippen molar-refractivity contribution in [2.24, 2.45) is 17.8 Å². The van der Waals surface area contributed by atoms with E-state index in [0.29, 0.717) is 25.7 Å². The van der Waals surface area contributed by atoms with Gasteiger partial charge < -0.3 is 33.8 Å². The Hall–Kier alpha value is -2.46. The molecule has 94 heavy (non-hydrogen) atoms. The maximum absolute atomic E-state index is 13.1. The summed E-state index contributed by atoms with van der Waals surface area (Å²) in [6.07, 6.45) is 53.7. The highest BCUT2D eigenvalue weighted by molar-refractivity contribution is 7.47. The second kappa shape index (κ2) is 65.2. The van der Waals surface area contributed by atoms with Gasteiger partial charge in [-0.2, -0.15) is 0 Å². The van der Waals surface area contributed by atoms with Gasteiger partial charge in [0.1, 0.15) is 19.3 Å². The van der Waals surface area contributed by atoms with E-state index in [1.807, 2.05) is 0 Å². The Morgan fingerprint density at radius 3 is 0.947 bits per heavy atom. The molecule has 0 saturated carbocycles. The Labute approximate surface area is 573 Å². The van der Waals surface area contributed by atoms with E-state index < -0.39 is 97.5 Å². The number of esters is 4. The number of carbonyl (C=O) groups excluding carboxylic acids is 4. The number of hydrogen-bond acceptors (Lipinski definition) is 15. The third-order valence-corrected chi connectivity index (χ3v) is 19.0. The number of ether oxygens (including phenoxy) is 4. The number of hydrogen-bond donors (Lipinski definition) is 3. The fourth-order valence-electron chi connectivity index (χ4n) is 10.9. The zero-order chi connectivity index (χ0) is 69.4. The molecule has 0 spiro atoms. The van der Waals surface area contributed by atoms with Crippen molar-refractivity contribution in [3.63, 3.8) is 0 Å². The molecule has 0 rings (SSSR count). The minimum atomic E-state index is -4.97. The van der Waals surface area contributed by atoms with Gasteiger partial charge in [0.05, 0.1) is 26.4 Å². The number of aliphatic hydroxyl groups excluding tert-OH is 1. The lowest BCUT2D eigenvalue weighted by atomic mass is 10.00. The van der Waals surface area contributed by atoms with Crippen LogP contribution in [0.25, 0.3) is 0 Å².